The molecule has 1 atom stereocenters. The Morgan fingerprint density at radius 3 is 2.56 bits per heavy atom. The first-order valence-corrected chi connectivity index (χ1v) is 10.1. The molecule has 2 aliphatic carbocycles. The SMILES string of the molecule is O=C(NC1CC1)c1cc(NC(=O)C2CC(=O)N(C3CCCC3)C2)ccc1Cl. The number of nitrogens with zero attached hydrogens (tertiary/aromatic N) is 1. The summed E-state index contributed by atoms with van der Waals surface area (Å²) in [5.41, 5.74) is 0.883. The van der Waals surface area contributed by atoms with Gasteiger partial charge in [0.25, 0.3) is 5.91 Å². The zero-order valence-corrected chi connectivity index (χ0v) is 15.9. The first-order valence-electron chi connectivity index (χ1n) is 9.72. The van der Waals surface area contributed by atoms with Crippen LogP contribution in [-0.4, -0.2) is 41.2 Å². The van der Waals surface area contributed by atoms with E-state index in [4.69, 9.17) is 11.6 Å². The lowest BCUT2D eigenvalue weighted by Crippen LogP contribution is -2.35. The molecule has 3 aliphatic rings. The first-order chi connectivity index (χ1) is 13.0. The molecule has 2 N–H and O–H groups in total. The number of carbonyl (C=O) groups excluding carboxylic acids is 3. The maximum absolute atomic E-state index is 12.7. The molecular weight excluding hydrogens is 366 g/mol. The molecule has 2 saturated carbocycles. The van der Waals surface area contributed by atoms with Gasteiger partial charge in [-0.25, -0.2) is 0 Å². The van der Waals surface area contributed by atoms with Gasteiger partial charge in [0, 0.05) is 30.7 Å². The average molecular weight is 390 g/mol. The van der Waals surface area contributed by atoms with Gasteiger partial charge in [-0.2, -0.15) is 0 Å². The number of amides is 3. The summed E-state index contributed by atoms with van der Waals surface area (Å²) in [5.74, 6) is -0.679. The van der Waals surface area contributed by atoms with E-state index in [1.54, 1.807) is 18.2 Å². The van der Waals surface area contributed by atoms with E-state index in [0.717, 1.165) is 38.5 Å². The molecular formula is C20H24ClN3O3. The smallest absolute Gasteiger partial charge is 0.253 e. The summed E-state index contributed by atoms with van der Waals surface area (Å²) < 4.78 is 0. The van der Waals surface area contributed by atoms with Crippen molar-refractivity contribution in [2.45, 2.75) is 57.0 Å². The third-order valence-corrected chi connectivity index (χ3v) is 6.02. The van der Waals surface area contributed by atoms with Crippen LogP contribution >= 0.6 is 11.6 Å². The zero-order chi connectivity index (χ0) is 19.0. The number of rotatable bonds is 5. The van der Waals surface area contributed by atoms with Gasteiger partial charge in [0.05, 0.1) is 16.5 Å². The minimum absolute atomic E-state index is 0.0719. The van der Waals surface area contributed by atoms with Gasteiger partial charge < -0.3 is 15.5 Å². The van der Waals surface area contributed by atoms with Crippen LogP contribution < -0.4 is 10.6 Å². The van der Waals surface area contributed by atoms with Crippen molar-refractivity contribution in [3.8, 4) is 0 Å². The molecule has 1 unspecified atom stereocenters. The third kappa shape index (κ3) is 4.10. The fraction of sp³-hybridized carbons (Fsp3) is 0.550. The Bertz CT molecular complexity index is 772. The number of halogens is 1. The van der Waals surface area contributed by atoms with Crippen molar-refractivity contribution in [3.05, 3.63) is 28.8 Å². The second-order valence-electron chi connectivity index (χ2n) is 7.82. The number of benzene rings is 1. The van der Waals surface area contributed by atoms with E-state index < -0.39 is 0 Å². The van der Waals surface area contributed by atoms with Gasteiger partial charge in [-0.3, -0.25) is 14.4 Å². The van der Waals surface area contributed by atoms with E-state index in [0.29, 0.717) is 28.9 Å². The Balaban J connectivity index is 1.40. The Hall–Kier alpha value is -2.08. The van der Waals surface area contributed by atoms with Crippen LogP contribution in [0.4, 0.5) is 5.69 Å². The van der Waals surface area contributed by atoms with Crippen LogP contribution in [0.1, 0.15) is 55.3 Å². The van der Waals surface area contributed by atoms with Gasteiger partial charge in [-0.05, 0) is 43.9 Å². The molecule has 1 aromatic rings. The van der Waals surface area contributed by atoms with Crippen molar-refractivity contribution in [3.63, 3.8) is 0 Å². The van der Waals surface area contributed by atoms with Gasteiger partial charge in [0.15, 0.2) is 0 Å². The number of likely N-dealkylation sites (tertiary alicyclic amines) is 1. The van der Waals surface area contributed by atoms with Crippen LogP contribution in [0.5, 0.6) is 0 Å². The molecule has 1 heterocycles. The van der Waals surface area contributed by atoms with Crippen molar-refractivity contribution in [2.24, 2.45) is 5.92 Å². The summed E-state index contributed by atoms with van der Waals surface area (Å²) in [7, 11) is 0. The monoisotopic (exact) mass is 389 g/mol. The molecule has 144 valence electrons. The molecule has 27 heavy (non-hydrogen) atoms. The minimum atomic E-state index is -0.350. The maximum Gasteiger partial charge on any atom is 0.253 e. The molecule has 0 radical (unpaired) electrons. The highest BCUT2D eigenvalue weighted by Crippen LogP contribution is 2.30. The summed E-state index contributed by atoms with van der Waals surface area (Å²) in [4.78, 5) is 39.1. The lowest BCUT2D eigenvalue weighted by Gasteiger charge is -2.23. The second-order valence-corrected chi connectivity index (χ2v) is 8.22. The highest BCUT2D eigenvalue weighted by atomic mass is 35.5. The number of carbonyl (C=O) groups is 3. The molecule has 1 aromatic carbocycles. The van der Waals surface area contributed by atoms with E-state index in [2.05, 4.69) is 10.6 Å². The quantitative estimate of drug-likeness (QED) is 0.812. The van der Waals surface area contributed by atoms with Crippen LogP contribution in [0.2, 0.25) is 5.02 Å². The summed E-state index contributed by atoms with van der Waals surface area (Å²) in [6.07, 6.45) is 6.63. The lowest BCUT2D eigenvalue weighted by molar-refractivity contribution is -0.129. The molecule has 7 heteroatoms. The van der Waals surface area contributed by atoms with Gasteiger partial charge in [0.2, 0.25) is 11.8 Å². The highest BCUT2D eigenvalue weighted by molar-refractivity contribution is 6.34. The Kier molecular flexibility index (Phi) is 5.08. The topological polar surface area (TPSA) is 78.5 Å². The van der Waals surface area contributed by atoms with E-state index >= 15 is 0 Å². The maximum atomic E-state index is 12.7. The number of nitrogens with one attached hydrogen (secondary N) is 2. The van der Waals surface area contributed by atoms with Crippen LogP contribution in [-0.2, 0) is 9.59 Å². The minimum Gasteiger partial charge on any atom is -0.349 e. The summed E-state index contributed by atoms with van der Waals surface area (Å²) in [6, 6.07) is 5.42. The van der Waals surface area contributed by atoms with E-state index in [9.17, 15) is 14.4 Å². The molecule has 1 aliphatic heterocycles. The number of hydrogen-bond acceptors (Lipinski definition) is 3. The van der Waals surface area contributed by atoms with Gasteiger partial charge in [-0.1, -0.05) is 24.4 Å². The standard InChI is InChI=1S/C20H24ClN3O3/c21-17-8-7-14(10-16(17)20(27)22-13-5-6-13)23-19(26)12-9-18(25)24(11-12)15-3-1-2-4-15/h7-8,10,12-13,15H,1-6,9,11H2,(H,22,27)(H,23,26). The fourth-order valence-corrected chi connectivity index (χ4v) is 4.19. The van der Waals surface area contributed by atoms with E-state index in [1.807, 2.05) is 4.90 Å². The van der Waals surface area contributed by atoms with E-state index in [-0.39, 0.29) is 36.1 Å². The third-order valence-electron chi connectivity index (χ3n) is 5.69. The van der Waals surface area contributed by atoms with Crippen molar-refractivity contribution >= 4 is 35.0 Å². The molecule has 4 rings (SSSR count). The number of anilines is 1. The Morgan fingerprint density at radius 1 is 1.11 bits per heavy atom. The van der Waals surface area contributed by atoms with Crippen LogP contribution in [0.3, 0.4) is 0 Å². The van der Waals surface area contributed by atoms with Crippen molar-refractivity contribution < 1.29 is 14.4 Å². The van der Waals surface area contributed by atoms with Crippen LogP contribution in [0.25, 0.3) is 0 Å². The van der Waals surface area contributed by atoms with Crippen LogP contribution in [0, 0.1) is 5.92 Å². The van der Waals surface area contributed by atoms with Crippen LogP contribution in [0.15, 0.2) is 18.2 Å². The molecule has 1 saturated heterocycles. The average Bonchev–Trinajstić information content (AvgIpc) is 3.13. The molecule has 0 spiro atoms. The van der Waals surface area contributed by atoms with Gasteiger partial charge in [-0.15, -0.1) is 0 Å². The van der Waals surface area contributed by atoms with Crippen molar-refractivity contribution in [2.75, 3.05) is 11.9 Å². The summed E-state index contributed by atoms with van der Waals surface area (Å²) >= 11 is 6.14. The largest absolute Gasteiger partial charge is 0.349 e. The predicted molar refractivity (Wildman–Crippen MR) is 103 cm³/mol. The zero-order valence-electron chi connectivity index (χ0n) is 15.2. The molecule has 0 aromatic heterocycles. The fourth-order valence-electron chi connectivity index (χ4n) is 3.99. The summed E-state index contributed by atoms with van der Waals surface area (Å²) in [5, 5.41) is 6.11. The Labute approximate surface area is 163 Å². The molecule has 3 amide bonds. The van der Waals surface area contributed by atoms with Crippen molar-refractivity contribution in [1.29, 1.82) is 0 Å². The molecule has 6 nitrogen and oxygen atoms in total. The highest BCUT2D eigenvalue weighted by Gasteiger charge is 2.38. The number of hydrogen-bond donors (Lipinski definition) is 2. The Morgan fingerprint density at radius 2 is 1.85 bits per heavy atom. The lowest BCUT2D eigenvalue weighted by atomic mass is 10.1. The molecule has 3 fully saturated rings. The predicted octanol–water partition coefficient (Wildman–Crippen LogP) is 2.96. The second kappa shape index (κ2) is 7.50. The van der Waals surface area contributed by atoms with Gasteiger partial charge >= 0.3 is 0 Å². The molecule has 0 bridgehead atoms. The normalized spacial score (nSPS) is 22.9. The van der Waals surface area contributed by atoms with Gasteiger partial charge in [0.1, 0.15) is 0 Å². The summed E-state index contributed by atoms with van der Waals surface area (Å²) in [6.45, 7) is 0.484. The first kappa shape index (κ1) is 18.3. The van der Waals surface area contributed by atoms with E-state index in [1.165, 1.54) is 0 Å². The van der Waals surface area contributed by atoms with Crippen molar-refractivity contribution in [1.82, 2.24) is 10.2 Å².